The van der Waals surface area contributed by atoms with E-state index in [4.69, 9.17) is 16.7 Å². The summed E-state index contributed by atoms with van der Waals surface area (Å²) in [6, 6.07) is 6.42. The second kappa shape index (κ2) is 6.27. The van der Waals surface area contributed by atoms with E-state index >= 15 is 0 Å². The summed E-state index contributed by atoms with van der Waals surface area (Å²) in [4.78, 5) is 10.4. The number of carboxylic acids is 1. The van der Waals surface area contributed by atoms with Crippen LogP contribution in [-0.2, 0) is 20.6 Å². The molecule has 1 rings (SSSR count). The predicted octanol–water partition coefficient (Wildman–Crippen LogP) is 1.63. The van der Waals surface area contributed by atoms with Crippen LogP contribution in [0.1, 0.15) is 19.4 Å². The van der Waals surface area contributed by atoms with Crippen LogP contribution >= 0.6 is 11.6 Å². The van der Waals surface area contributed by atoms with Gasteiger partial charge in [-0.3, -0.25) is 0 Å². The van der Waals surface area contributed by atoms with E-state index in [0.717, 1.165) is 0 Å². The molecule has 0 aromatic heterocycles. The van der Waals surface area contributed by atoms with Gasteiger partial charge in [0.05, 0.1) is 11.3 Å². The summed E-state index contributed by atoms with van der Waals surface area (Å²) in [5.74, 6) is 2.71. The zero-order chi connectivity index (χ0) is 15.4. The molecule has 2 N–H and O–H groups in total. The van der Waals surface area contributed by atoms with Gasteiger partial charge in [0.1, 0.15) is 0 Å². The summed E-state index contributed by atoms with van der Waals surface area (Å²) in [5.41, 5.74) is -0.590. The quantitative estimate of drug-likeness (QED) is 0.827. The van der Waals surface area contributed by atoms with Crippen molar-refractivity contribution in [3.8, 4) is 11.8 Å². The average molecular weight is 316 g/mol. The van der Waals surface area contributed by atoms with Crippen LogP contribution in [0.25, 0.3) is 0 Å². The standard InChI is InChI=1S/C13H14ClNO4S/c1-13(2,8-7-12(16)17)15-20(18,19)9-10-3-5-11(14)6-4-10/h3-6,15H,9H2,1-2H3,(H,16,17). The highest BCUT2D eigenvalue weighted by atomic mass is 35.5. The second-order valence-electron chi connectivity index (χ2n) is 4.67. The maximum Gasteiger partial charge on any atom is 0.381 e. The van der Waals surface area contributed by atoms with E-state index in [-0.39, 0.29) is 5.75 Å². The van der Waals surface area contributed by atoms with Gasteiger partial charge >= 0.3 is 5.97 Å². The zero-order valence-electron chi connectivity index (χ0n) is 11.0. The molecule has 108 valence electrons. The Morgan fingerprint density at radius 2 is 1.90 bits per heavy atom. The molecule has 0 radical (unpaired) electrons. The van der Waals surface area contributed by atoms with Crippen molar-refractivity contribution in [3.05, 3.63) is 34.9 Å². The summed E-state index contributed by atoms with van der Waals surface area (Å²) >= 11 is 5.72. The van der Waals surface area contributed by atoms with E-state index in [2.05, 4.69) is 10.6 Å². The molecule has 0 aliphatic carbocycles. The number of nitrogens with one attached hydrogen (secondary N) is 1. The smallest absolute Gasteiger partial charge is 0.381 e. The highest BCUT2D eigenvalue weighted by Gasteiger charge is 2.23. The molecular formula is C13H14ClNO4S. The third-order valence-electron chi connectivity index (χ3n) is 2.16. The van der Waals surface area contributed by atoms with Crippen LogP contribution in [0.4, 0.5) is 0 Å². The molecule has 0 aliphatic heterocycles. The minimum absolute atomic E-state index is 0.234. The molecule has 0 saturated heterocycles. The Morgan fingerprint density at radius 3 is 2.40 bits per heavy atom. The Kier molecular flexibility index (Phi) is 5.17. The number of carboxylic acid groups (broad SMARTS) is 1. The first kappa shape index (κ1) is 16.5. The van der Waals surface area contributed by atoms with Gasteiger partial charge in [-0.05, 0) is 31.5 Å². The number of hydrogen-bond acceptors (Lipinski definition) is 3. The van der Waals surface area contributed by atoms with Crippen molar-refractivity contribution in [1.82, 2.24) is 4.72 Å². The van der Waals surface area contributed by atoms with Crippen LogP contribution in [0.15, 0.2) is 24.3 Å². The van der Waals surface area contributed by atoms with Crippen molar-refractivity contribution in [2.45, 2.75) is 25.1 Å². The zero-order valence-corrected chi connectivity index (χ0v) is 12.5. The van der Waals surface area contributed by atoms with Gasteiger partial charge in [-0.15, -0.1) is 0 Å². The first-order valence-corrected chi connectivity index (χ1v) is 7.65. The van der Waals surface area contributed by atoms with Gasteiger partial charge in [0.25, 0.3) is 0 Å². The number of aliphatic carboxylic acids is 1. The Hall–Kier alpha value is -1.55. The lowest BCUT2D eigenvalue weighted by molar-refractivity contribution is -0.130. The molecule has 0 atom stereocenters. The minimum Gasteiger partial charge on any atom is -0.472 e. The second-order valence-corrected chi connectivity index (χ2v) is 6.83. The predicted molar refractivity (Wildman–Crippen MR) is 76.7 cm³/mol. The number of benzene rings is 1. The molecule has 0 bridgehead atoms. The molecule has 0 fully saturated rings. The SMILES string of the molecule is CC(C)(C#CC(=O)O)NS(=O)(=O)Cc1ccc(Cl)cc1. The van der Waals surface area contributed by atoms with E-state index in [1.807, 2.05) is 5.92 Å². The molecule has 7 heteroatoms. The van der Waals surface area contributed by atoms with E-state index < -0.39 is 21.5 Å². The highest BCUT2D eigenvalue weighted by Crippen LogP contribution is 2.13. The van der Waals surface area contributed by atoms with Gasteiger partial charge in [-0.2, -0.15) is 4.72 Å². The number of carbonyl (C=O) groups is 1. The van der Waals surface area contributed by atoms with Crippen molar-refractivity contribution in [2.75, 3.05) is 0 Å². The third-order valence-corrected chi connectivity index (χ3v) is 3.95. The fraction of sp³-hybridized carbons (Fsp3) is 0.308. The fourth-order valence-electron chi connectivity index (χ4n) is 1.46. The third kappa shape index (κ3) is 6.06. The minimum atomic E-state index is -3.64. The maximum absolute atomic E-state index is 12.0. The van der Waals surface area contributed by atoms with Crippen molar-refractivity contribution in [2.24, 2.45) is 0 Å². The Labute approximate surface area is 123 Å². The molecule has 1 aromatic rings. The molecule has 0 heterocycles. The van der Waals surface area contributed by atoms with Crippen LogP contribution < -0.4 is 4.72 Å². The van der Waals surface area contributed by atoms with E-state index in [9.17, 15) is 13.2 Å². The van der Waals surface area contributed by atoms with Gasteiger partial charge in [0, 0.05) is 10.9 Å². The van der Waals surface area contributed by atoms with Crippen LogP contribution in [0.5, 0.6) is 0 Å². The van der Waals surface area contributed by atoms with Gasteiger partial charge in [0.2, 0.25) is 10.0 Å². The summed E-state index contributed by atoms with van der Waals surface area (Å²) < 4.78 is 26.3. The summed E-state index contributed by atoms with van der Waals surface area (Å²) in [5, 5.41) is 8.99. The highest BCUT2D eigenvalue weighted by molar-refractivity contribution is 7.88. The van der Waals surface area contributed by atoms with Gasteiger partial charge in [-0.1, -0.05) is 29.7 Å². The molecule has 1 aromatic carbocycles. The van der Waals surface area contributed by atoms with Gasteiger partial charge in [0.15, 0.2) is 0 Å². The number of sulfonamides is 1. The van der Waals surface area contributed by atoms with Gasteiger partial charge in [-0.25, -0.2) is 13.2 Å². The number of halogens is 1. The lowest BCUT2D eigenvalue weighted by Gasteiger charge is -2.19. The van der Waals surface area contributed by atoms with Crippen LogP contribution in [0.2, 0.25) is 5.02 Å². The monoisotopic (exact) mass is 315 g/mol. The van der Waals surface area contributed by atoms with Crippen LogP contribution in [0.3, 0.4) is 0 Å². The molecule has 0 amide bonds. The van der Waals surface area contributed by atoms with E-state index in [1.54, 1.807) is 24.3 Å². The van der Waals surface area contributed by atoms with E-state index in [1.165, 1.54) is 13.8 Å². The normalized spacial score (nSPS) is 11.6. The largest absolute Gasteiger partial charge is 0.472 e. The summed E-state index contributed by atoms with van der Waals surface area (Å²) in [7, 11) is -3.64. The summed E-state index contributed by atoms with van der Waals surface area (Å²) in [6.07, 6.45) is 0. The molecule has 0 spiro atoms. The first-order valence-electron chi connectivity index (χ1n) is 5.62. The van der Waals surface area contributed by atoms with Crippen LogP contribution in [-0.4, -0.2) is 25.0 Å². The fourth-order valence-corrected chi connectivity index (χ4v) is 3.12. The van der Waals surface area contributed by atoms with Gasteiger partial charge < -0.3 is 5.11 Å². The molecule has 0 aliphatic rings. The Bertz CT molecular complexity index is 654. The van der Waals surface area contributed by atoms with Crippen molar-refractivity contribution < 1.29 is 18.3 Å². The number of hydrogen-bond donors (Lipinski definition) is 2. The molecule has 5 nitrogen and oxygen atoms in total. The average Bonchev–Trinajstić information content (AvgIpc) is 2.28. The lowest BCUT2D eigenvalue weighted by atomic mass is 10.1. The van der Waals surface area contributed by atoms with Crippen molar-refractivity contribution >= 4 is 27.6 Å². The van der Waals surface area contributed by atoms with Crippen molar-refractivity contribution in [1.29, 1.82) is 0 Å². The molecule has 0 saturated carbocycles. The van der Waals surface area contributed by atoms with Crippen LogP contribution in [0, 0.1) is 11.8 Å². The number of rotatable bonds is 4. The molecular weight excluding hydrogens is 302 g/mol. The molecule has 20 heavy (non-hydrogen) atoms. The molecule has 0 unspecified atom stereocenters. The van der Waals surface area contributed by atoms with Crippen molar-refractivity contribution in [3.63, 3.8) is 0 Å². The van der Waals surface area contributed by atoms with E-state index in [0.29, 0.717) is 10.6 Å². The summed E-state index contributed by atoms with van der Waals surface area (Å²) in [6.45, 7) is 2.98. The topological polar surface area (TPSA) is 83.5 Å². The lowest BCUT2D eigenvalue weighted by Crippen LogP contribution is -2.42. The Balaban J connectivity index is 2.83. The first-order chi connectivity index (χ1) is 9.10. The maximum atomic E-state index is 12.0. The Morgan fingerprint density at radius 1 is 1.35 bits per heavy atom.